The van der Waals surface area contributed by atoms with Crippen LogP contribution in [0.4, 0.5) is 0 Å². The molecule has 8 heteroatoms. The van der Waals surface area contributed by atoms with Gasteiger partial charge in [0.15, 0.2) is 5.96 Å². The monoisotopic (exact) mass is 476 g/mol. The summed E-state index contributed by atoms with van der Waals surface area (Å²) in [5, 5.41) is 6.64. The molecule has 2 unspecified atom stereocenters. The number of hydrogen-bond donors (Lipinski definition) is 2. The highest BCUT2D eigenvalue weighted by Gasteiger charge is 2.21. The molecule has 0 fully saturated rings. The van der Waals surface area contributed by atoms with Crippen molar-refractivity contribution < 1.29 is 8.42 Å². The van der Waals surface area contributed by atoms with E-state index in [0.717, 1.165) is 25.3 Å². The average molecular weight is 476 g/mol. The highest BCUT2D eigenvalue weighted by Crippen LogP contribution is 2.16. The summed E-state index contributed by atoms with van der Waals surface area (Å²) < 4.78 is 22.5. The minimum Gasteiger partial charge on any atom is -0.355 e. The minimum absolute atomic E-state index is 0. The molecule has 0 aromatic heterocycles. The van der Waals surface area contributed by atoms with Gasteiger partial charge in [-0.05, 0) is 33.4 Å². The highest BCUT2D eigenvalue weighted by molar-refractivity contribution is 14.0. The van der Waals surface area contributed by atoms with Crippen molar-refractivity contribution in [1.82, 2.24) is 15.5 Å². The number of aliphatic imine (C=N–C) groups is 1. The summed E-state index contributed by atoms with van der Waals surface area (Å²) in [4.78, 5) is 6.50. The zero-order valence-electron chi connectivity index (χ0n) is 16.3. The van der Waals surface area contributed by atoms with Crippen molar-refractivity contribution in [3.05, 3.63) is 0 Å². The van der Waals surface area contributed by atoms with Crippen LogP contribution in [0, 0.1) is 5.92 Å². The van der Waals surface area contributed by atoms with E-state index in [-0.39, 0.29) is 35.8 Å². The molecule has 0 heterocycles. The molecule has 0 aliphatic heterocycles. The lowest BCUT2D eigenvalue weighted by atomic mass is 9.93. The summed E-state index contributed by atoms with van der Waals surface area (Å²) in [6, 6.07) is 0.497. The predicted octanol–water partition coefficient (Wildman–Crippen LogP) is 1.96. The first-order chi connectivity index (χ1) is 10.6. The third-order valence-corrected chi connectivity index (χ3v) is 5.24. The molecule has 0 radical (unpaired) electrons. The van der Waals surface area contributed by atoms with Crippen LogP contribution in [0.25, 0.3) is 0 Å². The van der Waals surface area contributed by atoms with Crippen LogP contribution in [0.2, 0.25) is 0 Å². The summed E-state index contributed by atoms with van der Waals surface area (Å²) in [5.74, 6) is 1.55. The van der Waals surface area contributed by atoms with Crippen molar-refractivity contribution in [3.63, 3.8) is 0 Å². The van der Waals surface area contributed by atoms with E-state index in [1.807, 2.05) is 6.92 Å². The van der Waals surface area contributed by atoms with E-state index in [0.29, 0.717) is 18.4 Å². The van der Waals surface area contributed by atoms with E-state index in [1.54, 1.807) is 7.05 Å². The number of halogens is 1. The van der Waals surface area contributed by atoms with Gasteiger partial charge >= 0.3 is 0 Å². The maximum absolute atomic E-state index is 11.2. The Balaban J connectivity index is 0. The van der Waals surface area contributed by atoms with Crippen molar-refractivity contribution in [2.75, 3.05) is 39.7 Å². The molecule has 0 rings (SSSR count). The van der Waals surface area contributed by atoms with Gasteiger partial charge in [-0.1, -0.05) is 26.7 Å². The van der Waals surface area contributed by atoms with Crippen LogP contribution in [0.3, 0.4) is 0 Å². The number of rotatable bonds is 10. The van der Waals surface area contributed by atoms with Gasteiger partial charge in [0.1, 0.15) is 9.84 Å². The lowest BCUT2D eigenvalue weighted by Crippen LogP contribution is -2.49. The Bertz CT molecular complexity index is 451. The third-order valence-electron chi connectivity index (χ3n) is 4.26. The molecule has 24 heavy (non-hydrogen) atoms. The summed E-state index contributed by atoms with van der Waals surface area (Å²) in [6.45, 7) is 7.25. The van der Waals surface area contributed by atoms with Crippen molar-refractivity contribution in [1.29, 1.82) is 0 Å². The van der Waals surface area contributed by atoms with Gasteiger partial charge < -0.3 is 15.5 Å². The Morgan fingerprint density at radius 1 is 1.21 bits per heavy atom. The number of nitrogens with zero attached hydrogens (tertiary/aromatic N) is 2. The second-order valence-corrected chi connectivity index (χ2v) is 8.78. The van der Waals surface area contributed by atoms with Crippen LogP contribution in [-0.4, -0.2) is 71.1 Å². The molecule has 0 spiro atoms. The quantitative estimate of drug-likeness (QED) is 0.287. The number of sulfone groups is 1. The smallest absolute Gasteiger partial charge is 0.191 e. The van der Waals surface area contributed by atoms with Crippen LogP contribution in [-0.2, 0) is 9.84 Å². The summed E-state index contributed by atoms with van der Waals surface area (Å²) in [7, 11) is 3.03. The largest absolute Gasteiger partial charge is 0.355 e. The Hall–Kier alpha value is -0.0900. The van der Waals surface area contributed by atoms with Crippen molar-refractivity contribution in [3.8, 4) is 0 Å². The van der Waals surface area contributed by atoms with Crippen molar-refractivity contribution in [2.24, 2.45) is 10.9 Å². The fourth-order valence-electron chi connectivity index (χ4n) is 2.70. The summed E-state index contributed by atoms with van der Waals surface area (Å²) in [5.41, 5.74) is 0. The Labute approximate surface area is 166 Å². The van der Waals surface area contributed by atoms with E-state index < -0.39 is 9.84 Å². The first-order valence-electron chi connectivity index (χ1n) is 8.45. The van der Waals surface area contributed by atoms with Gasteiger partial charge in [0, 0.05) is 31.9 Å². The van der Waals surface area contributed by atoms with Crippen LogP contribution >= 0.6 is 24.0 Å². The van der Waals surface area contributed by atoms with E-state index in [4.69, 9.17) is 0 Å². The Kier molecular flexibility index (Phi) is 14.3. The molecule has 146 valence electrons. The lowest BCUT2D eigenvalue weighted by molar-refractivity contribution is 0.200. The van der Waals surface area contributed by atoms with Gasteiger partial charge in [-0.2, -0.15) is 0 Å². The van der Waals surface area contributed by atoms with Crippen molar-refractivity contribution >= 4 is 39.8 Å². The second kappa shape index (κ2) is 13.2. The third kappa shape index (κ3) is 11.5. The molecule has 0 aromatic rings. The second-order valence-electron chi connectivity index (χ2n) is 6.52. The van der Waals surface area contributed by atoms with Crippen LogP contribution in [0.15, 0.2) is 4.99 Å². The maximum Gasteiger partial charge on any atom is 0.191 e. The first-order valence-corrected chi connectivity index (χ1v) is 10.5. The van der Waals surface area contributed by atoms with Gasteiger partial charge in [0.2, 0.25) is 0 Å². The SMILES string of the molecule is CCC(CC)C(CNC(=NC)NC(C)CCS(C)(=O)=O)N(C)C.I. The van der Waals surface area contributed by atoms with Crippen LogP contribution in [0.1, 0.15) is 40.0 Å². The molecule has 0 bridgehead atoms. The minimum atomic E-state index is -2.92. The van der Waals surface area contributed by atoms with Crippen molar-refractivity contribution in [2.45, 2.75) is 52.1 Å². The molecule has 2 atom stereocenters. The van der Waals surface area contributed by atoms with E-state index in [1.165, 1.54) is 6.26 Å². The molecule has 0 saturated carbocycles. The molecular weight excluding hydrogens is 439 g/mol. The molecule has 0 amide bonds. The van der Waals surface area contributed by atoms with Gasteiger partial charge in [-0.15, -0.1) is 24.0 Å². The van der Waals surface area contributed by atoms with Gasteiger partial charge in [-0.25, -0.2) is 8.42 Å². The molecular formula is C16H37IN4O2S. The number of nitrogens with one attached hydrogen (secondary N) is 2. The molecule has 0 saturated heterocycles. The van der Waals surface area contributed by atoms with Gasteiger partial charge in [0.25, 0.3) is 0 Å². The molecule has 0 aliphatic rings. The highest BCUT2D eigenvalue weighted by atomic mass is 127. The fourth-order valence-corrected chi connectivity index (χ4v) is 3.48. The van der Waals surface area contributed by atoms with Gasteiger partial charge in [-0.3, -0.25) is 4.99 Å². The van der Waals surface area contributed by atoms with E-state index in [2.05, 4.69) is 48.5 Å². The molecule has 6 nitrogen and oxygen atoms in total. The average Bonchev–Trinajstić information content (AvgIpc) is 2.46. The van der Waals surface area contributed by atoms with E-state index >= 15 is 0 Å². The predicted molar refractivity (Wildman–Crippen MR) is 115 cm³/mol. The lowest BCUT2D eigenvalue weighted by Gasteiger charge is -2.32. The number of guanidine groups is 1. The van der Waals surface area contributed by atoms with E-state index in [9.17, 15) is 8.42 Å². The zero-order valence-corrected chi connectivity index (χ0v) is 19.4. The fraction of sp³-hybridized carbons (Fsp3) is 0.938. The van der Waals surface area contributed by atoms with Crippen LogP contribution in [0.5, 0.6) is 0 Å². The Morgan fingerprint density at radius 2 is 1.75 bits per heavy atom. The number of likely N-dealkylation sites (N-methyl/N-ethyl adjacent to an activating group) is 1. The summed E-state index contributed by atoms with van der Waals surface area (Å²) >= 11 is 0. The number of hydrogen-bond acceptors (Lipinski definition) is 4. The molecule has 2 N–H and O–H groups in total. The first kappa shape index (κ1) is 26.1. The maximum atomic E-state index is 11.2. The molecule has 0 aliphatic carbocycles. The topological polar surface area (TPSA) is 73.8 Å². The van der Waals surface area contributed by atoms with Gasteiger partial charge in [0.05, 0.1) is 5.75 Å². The van der Waals surface area contributed by atoms with Crippen LogP contribution < -0.4 is 10.6 Å². The Morgan fingerprint density at radius 3 is 2.12 bits per heavy atom. The zero-order chi connectivity index (χ0) is 18.0. The summed E-state index contributed by atoms with van der Waals surface area (Å²) in [6.07, 6.45) is 4.14. The molecule has 0 aromatic carbocycles. The normalized spacial score (nSPS) is 15.1. The standard InChI is InChI=1S/C16H36N4O2S.HI/c1-8-14(9-2)15(20(5)6)12-18-16(17-4)19-13(3)10-11-23(7,21)22;/h13-15H,8-12H2,1-7H3,(H2,17,18,19);1H.